The Morgan fingerprint density at radius 3 is 2.32 bits per heavy atom. The van der Waals surface area contributed by atoms with Crippen molar-refractivity contribution >= 4 is 17.0 Å². The van der Waals surface area contributed by atoms with E-state index in [2.05, 4.69) is 4.98 Å². The Morgan fingerprint density at radius 1 is 1.11 bits per heavy atom. The first-order chi connectivity index (χ1) is 17.3. The molecule has 5 rings (SSSR count). The van der Waals surface area contributed by atoms with E-state index in [4.69, 9.17) is 5.11 Å². The van der Waals surface area contributed by atoms with Crippen LogP contribution in [0.2, 0.25) is 0 Å². The normalized spacial score (nSPS) is 21.2. The van der Waals surface area contributed by atoms with Gasteiger partial charge < -0.3 is 15.0 Å². The van der Waals surface area contributed by atoms with E-state index in [9.17, 15) is 9.18 Å². The number of aromatic nitrogens is 1. The zero-order valence-corrected chi connectivity index (χ0v) is 20.7. The average Bonchev–Trinajstić information content (AvgIpc) is 3.10. The van der Waals surface area contributed by atoms with E-state index in [0.717, 1.165) is 21.4 Å². The summed E-state index contributed by atoms with van der Waals surface area (Å²) in [5, 5.41) is 9.84. The molecule has 37 heavy (non-hydrogen) atoms. The van der Waals surface area contributed by atoms with Gasteiger partial charge in [-0.1, -0.05) is 18.2 Å². The van der Waals surface area contributed by atoms with Crippen LogP contribution < -0.4 is 0 Å². The summed E-state index contributed by atoms with van der Waals surface area (Å²) in [5.74, 6) is -7.32. The molecule has 2 aliphatic rings. The number of rotatable bonds is 5. The maximum Gasteiger partial charge on any atom is 0.407 e. The lowest BCUT2D eigenvalue weighted by molar-refractivity contribution is -0.116. The van der Waals surface area contributed by atoms with Gasteiger partial charge in [0.15, 0.2) is 0 Å². The van der Waals surface area contributed by atoms with Crippen molar-refractivity contribution in [2.24, 2.45) is 5.92 Å². The number of hydrogen-bond acceptors (Lipinski definition) is 2. The molecular weight excluding hydrogens is 493 g/mol. The number of para-hydroxylation sites is 1. The minimum absolute atomic E-state index is 0.127. The number of carbonyl (C=O) groups is 1. The highest BCUT2D eigenvalue weighted by atomic mass is 19.3. The number of aromatic amines is 1. The van der Waals surface area contributed by atoms with E-state index in [1.165, 1.54) is 13.8 Å². The Labute approximate surface area is 210 Å². The van der Waals surface area contributed by atoms with E-state index in [0.29, 0.717) is 24.2 Å². The molecule has 2 aliphatic heterocycles. The van der Waals surface area contributed by atoms with Gasteiger partial charge in [-0.2, -0.15) is 0 Å². The summed E-state index contributed by atoms with van der Waals surface area (Å²) >= 11 is 0. The van der Waals surface area contributed by atoms with E-state index >= 15 is 17.6 Å². The first kappa shape index (κ1) is 25.5. The molecule has 0 saturated carbocycles. The Kier molecular flexibility index (Phi) is 6.01. The van der Waals surface area contributed by atoms with Crippen LogP contribution in [0.1, 0.15) is 49.2 Å². The number of nitrogens with one attached hydrogen (secondary N) is 1. The third kappa shape index (κ3) is 4.35. The van der Waals surface area contributed by atoms with Gasteiger partial charge in [-0.3, -0.25) is 4.90 Å². The van der Waals surface area contributed by atoms with E-state index in [1.54, 1.807) is 4.90 Å². The van der Waals surface area contributed by atoms with Crippen LogP contribution in [0.5, 0.6) is 0 Å². The van der Waals surface area contributed by atoms with Crippen LogP contribution in [-0.4, -0.2) is 57.3 Å². The highest BCUT2D eigenvalue weighted by molar-refractivity contribution is 5.85. The van der Waals surface area contributed by atoms with Gasteiger partial charge in [0.1, 0.15) is 17.3 Å². The second-order valence-corrected chi connectivity index (χ2v) is 10.8. The average molecular weight is 522 g/mol. The zero-order chi connectivity index (χ0) is 26.9. The number of H-pyrrole nitrogens is 1. The lowest BCUT2D eigenvalue weighted by atomic mass is 9.84. The molecule has 1 saturated heterocycles. The van der Waals surface area contributed by atoms with Gasteiger partial charge in [-0.25, -0.2) is 26.7 Å². The fourth-order valence-electron chi connectivity index (χ4n) is 5.64. The van der Waals surface area contributed by atoms with Gasteiger partial charge in [0, 0.05) is 53.4 Å². The van der Waals surface area contributed by atoms with Crippen LogP contribution in [0.3, 0.4) is 0 Å². The molecular formula is C27H28F5N3O2. The van der Waals surface area contributed by atoms with Crippen molar-refractivity contribution in [1.82, 2.24) is 14.8 Å². The molecule has 2 N–H and O–H groups in total. The first-order valence-corrected chi connectivity index (χ1v) is 12.2. The molecule has 0 spiro atoms. The van der Waals surface area contributed by atoms with Crippen molar-refractivity contribution < 1.29 is 31.9 Å². The Bertz CT molecular complexity index is 1340. The molecule has 1 amide bonds. The lowest BCUT2D eigenvalue weighted by Crippen LogP contribution is -2.55. The monoisotopic (exact) mass is 521 g/mol. The van der Waals surface area contributed by atoms with Crippen LogP contribution in [0.25, 0.3) is 10.9 Å². The SMILES string of the molecule is C[C@@H]1Cc2c([nH]c3ccccc23)[C@@H](c2c(F)cc(C(F)(F)C3CN(C(=O)O)C3)cc2F)N1CC(C)(C)F. The van der Waals surface area contributed by atoms with Crippen molar-refractivity contribution in [3.63, 3.8) is 0 Å². The van der Waals surface area contributed by atoms with Crippen molar-refractivity contribution in [2.45, 2.75) is 50.9 Å². The molecule has 1 aromatic heterocycles. The summed E-state index contributed by atoms with van der Waals surface area (Å²) < 4.78 is 76.4. The van der Waals surface area contributed by atoms with E-state index in [-0.39, 0.29) is 12.6 Å². The number of fused-ring (bicyclic) bond motifs is 3. The number of alkyl halides is 3. The quantitative estimate of drug-likeness (QED) is 0.392. The van der Waals surface area contributed by atoms with E-state index in [1.807, 2.05) is 31.2 Å². The van der Waals surface area contributed by atoms with Gasteiger partial charge in [-0.05, 0) is 51.0 Å². The molecule has 10 heteroatoms. The minimum Gasteiger partial charge on any atom is -0.465 e. The van der Waals surface area contributed by atoms with Crippen LogP contribution in [0.4, 0.5) is 26.7 Å². The fraction of sp³-hybridized carbons (Fsp3) is 0.444. The minimum atomic E-state index is -3.63. The number of carboxylic acid groups (broad SMARTS) is 1. The highest BCUT2D eigenvalue weighted by Crippen LogP contribution is 2.46. The van der Waals surface area contributed by atoms with Crippen molar-refractivity contribution in [3.8, 4) is 0 Å². The van der Waals surface area contributed by atoms with Crippen LogP contribution in [0.15, 0.2) is 36.4 Å². The Hall–Kier alpha value is -3.14. The van der Waals surface area contributed by atoms with Crippen LogP contribution >= 0.6 is 0 Å². The molecule has 2 aromatic carbocycles. The molecule has 3 heterocycles. The van der Waals surface area contributed by atoms with Crippen molar-refractivity contribution in [2.75, 3.05) is 19.6 Å². The third-order valence-electron chi connectivity index (χ3n) is 7.48. The van der Waals surface area contributed by atoms with E-state index < -0.39 is 65.5 Å². The number of nitrogens with zero attached hydrogens (tertiary/aromatic N) is 2. The number of benzene rings is 2. The summed E-state index contributed by atoms with van der Waals surface area (Å²) in [6.45, 7) is 3.64. The van der Waals surface area contributed by atoms with Crippen molar-refractivity contribution in [3.05, 3.63) is 70.4 Å². The van der Waals surface area contributed by atoms with Gasteiger partial charge in [0.25, 0.3) is 5.92 Å². The molecule has 0 bridgehead atoms. The van der Waals surface area contributed by atoms with Crippen molar-refractivity contribution in [1.29, 1.82) is 0 Å². The second kappa shape index (κ2) is 8.72. The molecule has 3 aromatic rings. The number of halogens is 5. The third-order valence-corrected chi connectivity index (χ3v) is 7.48. The highest BCUT2D eigenvalue weighted by Gasteiger charge is 2.50. The van der Waals surface area contributed by atoms with Crippen LogP contribution in [-0.2, 0) is 12.3 Å². The summed E-state index contributed by atoms with van der Waals surface area (Å²) in [4.78, 5) is 16.7. The lowest BCUT2D eigenvalue weighted by Gasteiger charge is -2.43. The second-order valence-electron chi connectivity index (χ2n) is 10.8. The zero-order valence-electron chi connectivity index (χ0n) is 20.7. The topological polar surface area (TPSA) is 59.6 Å². The summed E-state index contributed by atoms with van der Waals surface area (Å²) in [6, 6.07) is 7.34. The van der Waals surface area contributed by atoms with Gasteiger partial charge in [-0.15, -0.1) is 0 Å². The summed E-state index contributed by atoms with van der Waals surface area (Å²) in [7, 11) is 0. The Morgan fingerprint density at radius 2 is 1.73 bits per heavy atom. The number of amides is 1. The van der Waals surface area contributed by atoms with Crippen LogP contribution in [0, 0.1) is 17.6 Å². The Balaban J connectivity index is 1.61. The van der Waals surface area contributed by atoms with Gasteiger partial charge >= 0.3 is 6.09 Å². The molecule has 1 fully saturated rings. The molecule has 0 aliphatic carbocycles. The molecule has 0 radical (unpaired) electrons. The number of hydrogen-bond donors (Lipinski definition) is 2. The molecule has 5 nitrogen and oxygen atoms in total. The largest absolute Gasteiger partial charge is 0.465 e. The predicted octanol–water partition coefficient (Wildman–Crippen LogP) is 6.23. The molecule has 198 valence electrons. The molecule has 0 unspecified atom stereocenters. The first-order valence-electron chi connectivity index (χ1n) is 12.2. The van der Waals surface area contributed by atoms with Gasteiger partial charge in [0.2, 0.25) is 0 Å². The maximum atomic E-state index is 15.7. The maximum absolute atomic E-state index is 15.7. The molecule has 2 atom stereocenters. The fourth-order valence-corrected chi connectivity index (χ4v) is 5.64. The standard InChI is InChI=1S/C27H28F5N3O2/c1-14-8-18-17-6-4-5-7-21(17)33-23(18)24(35(14)13-26(2,3)30)22-19(28)9-15(10-20(22)29)27(31,32)16-11-34(12-16)25(36)37/h4-7,9-10,14,16,24,33H,8,11-13H2,1-3H3,(H,36,37)/t14-,24-/m1/s1. The van der Waals surface area contributed by atoms with Gasteiger partial charge in [0.05, 0.1) is 12.0 Å². The summed E-state index contributed by atoms with van der Waals surface area (Å²) in [5.41, 5.74) is -0.823. The smallest absolute Gasteiger partial charge is 0.407 e. The number of likely N-dealkylation sites (tertiary alicyclic amines) is 1. The predicted molar refractivity (Wildman–Crippen MR) is 129 cm³/mol. The summed E-state index contributed by atoms with van der Waals surface area (Å²) in [6.07, 6.45) is -0.802.